The van der Waals surface area contributed by atoms with Crippen LogP contribution in [0.5, 0.6) is 0 Å². The number of esters is 1. The van der Waals surface area contributed by atoms with Crippen LogP contribution in [0.2, 0.25) is 0 Å². The highest BCUT2D eigenvalue weighted by Gasteiger charge is 2.59. The van der Waals surface area contributed by atoms with E-state index in [1.807, 2.05) is 0 Å². The Morgan fingerprint density at radius 1 is 1.20 bits per heavy atom. The Balaban J connectivity index is 1.96. The van der Waals surface area contributed by atoms with E-state index in [9.17, 15) is 4.79 Å². The molecule has 0 aromatic carbocycles. The van der Waals surface area contributed by atoms with Gasteiger partial charge in [0.05, 0.1) is 7.11 Å². The van der Waals surface area contributed by atoms with Crippen molar-refractivity contribution in [3.05, 3.63) is 12.2 Å². The second-order valence-corrected chi connectivity index (χ2v) is 7.85. The van der Waals surface area contributed by atoms with Gasteiger partial charge in [-0.3, -0.25) is 0 Å². The molecule has 0 amide bonds. The Bertz CT molecular complexity index is 401. The summed E-state index contributed by atoms with van der Waals surface area (Å²) in [4.78, 5) is 12.1. The van der Waals surface area contributed by atoms with Crippen LogP contribution >= 0.6 is 0 Å². The van der Waals surface area contributed by atoms with E-state index in [1.54, 1.807) is 0 Å². The van der Waals surface area contributed by atoms with Gasteiger partial charge < -0.3 is 4.74 Å². The maximum absolute atomic E-state index is 12.1. The molecule has 1 atom stereocenters. The van der Waals surface area contributed by atoms with E-state index in [0.29, 0.717) is 11.0 Å². The van der Waals surface area contributed by atoms with Crippen LogP contribution in [-0.2, 0) is 9.53 Å². The van der Waals surface area contributed by atoms with Crippen molar-refractivity contribution in [3.8, 4) is 0 Å². The molecule has 4 bridgehead atoms. The minimum Gasteiger partial charge on any atom is -0.466 e. The fourth-order valence-corrected chi connectivity index (χ4v) is 6.04. The Kier molecular flexibility index (Phi) is 3.26. The van der Waals surface area contributed by atoms with Crippen LogP contribution in [0.4, 0.5) is 0 Å². The van der Waals surface area contributed by atoms with E-state index in [4.69, 9.17) is 4.74 Å². The molecule has 0 aliphatic heterocycles. The molecule has 0 N–H and O–H groups in total. The van der Waals surface area contributed by atoms with Crippen molar-refractivity contribution in [2.45, 2.75) is 58.8 Å². The largest absolute Gasteiger partial charge is 0.466 e. The molecule has 0 spiro atoms. The molecule has 2 nitrogen and oxygen atoms in total. The molecule has 4 aliphatic rings. The fraction of sp³-hybridized carbons (Fsp3) is 0.833. The van der Waals surface area contributed by atoms with Gasteiger partial charge in [-0.05, 0) is 68.1 Å². The molecule has 0 aromatic rings. The van der Waals surface area contributed by atoms with Crippen LogP contribution in [-0.4, -0.2) is 13.1 Å². The van der Waals surface area contributed by atoms with Gasteiger partial charge in [0.2, 0.25) is 0 Å². The minimum atomic E-state index is -0.204. The van der Waals surface area contributed by atoms with Crippen molar-refractivity contribution in [1.82, 2.24) is 0 Å². The lowest BCUT2D eigenvalue weighted by Crippen LogP contribution is -2.54. The van der Waals surface area contributed by atoms with Gasteiger partial charge in [-0.1, -0.05) is 20.4 Å². The summed E-state index contributed by atoms with van der Waals surface area (Å²) in [5, 5.41) is 0. The van der Waals surface area contributed by atoms with Crippen molar-refractivity contribution in [3.63, 3.8) is 0 Å². The van der Waals surface area contributed by atoms with Crippen molar-refractivity contribution in [2.24, 2.45) is 28.6 Å². The lowest BCUT2D eigenvalue weighted by Gasteiger charge is -2.63. The fourth-order valence-electron chi connectivity index (χ4n) is 6.04. The van der Waals surface area contributed by atoms with E-state index in [2.05, 4.69) is 20.4 Å². The maximum atomic E-state index is 12.1. The van der Waals surface area contributed by atoms with Crippen molar-refractivity contribution in [2.75, 3.05) is 7.11 Å². The van der Waals surface area contributed by atoms with E-state index < -0.39 is 0 Å². The summed E-state index contributed by atoms with van der Waals surface area (Å²) in [5.74, 6) is 2.50. The SMILES string of the molecule is C=C(C(=O)OC)C(C)(CC)C12CC3CC(CC(C3)C1)C2. The number of methoxy groups -OCH3 is 1. The number of hydrogen-bond donors (Lipinski definition) is 0. The first-order valence-corrected chi connectivity index (χ1v) is 8.22. The Morgan fingerprint density at radius 3 is 2.00 bits per heavy atom. The van der Waals surface area contributed by atoms with Crippen molar-refractivity contribution >= 4 is 5.97 Å². The third kappa shape index (κ3) is 1.79. The molecule has 4 fully saturated rings. The quantitative estimate of drug-likeness (QED) is 0.563. The van der Waals surface area contributed by atoms with Gasteiger partial charge >= 0.3 is 5.97 Å². The smallest absolute Gasteiger partial charge is 0.333 e. The van der Waals surface area contributed by atoms with Gasteiger partial charge in [-0.25, -0.2) is 4.79 Å². The second kappa shape index (κ2) is 4.61. The van der Waals surface area contributed by atoms with E-state index in [-0.39, 0.29) is 11.4 Å². The summed E-state index contributed by atoms with van der Waals surface area (Å²) in [5.41, 5.74) is 0.933. The summed E-state index contributed by atoms with van der Waals surface area (Å²) in [6, 6.07) is 0. The normalized spacial score (nSPS) is 41.2. The van der Waals surface area contributed by atoms with Gasteiger partial charge in [-0.15, -0.1) is 0 Å². The van der Waals surface area contributed by atoms with Crippen LogP contribution in [0.25, 0.3) is 0 Å². The second-order valence-electron chi connectivity index (χ2n) is 7.85. The molecule has 0 radical (unpaired) electrons. The molecule has 0 heterocycles. The Morgan fingerprint density at radius 2 is 1.65 bits per heavy atom. The predicted octanol–water partition coefficient (Wildman–Crippen LogP) is 4.35. The standard InChI is InChI=1S/C18H28O2/c1-5-17(3,12(2)16(19)20-4)18-9-13-6-14(10-18)8-15(7-13)11-18/h13-15H,2,5-11H2,1,3-4H3. The first-order valence-electron chi connectivity index (χ1n) is 8.22. The van der Waals surface area contributed by atoms with Crippen LogP contribution in [0.1, 0.15) is 58.8 Å². The third-order valence-electron chi connectivity index (χ3n) is 7.01. The van der Waals surface area contributed by atoms with Crippen LogP contribution in [0.3, 0.4) is 0 Å². The Labute approximate surface area is 123 Å². The number of rotatable bonds is 4. The highest BCUT2D eigenvalue weighted by molar-refractivity contribution is 5.89. The highest BCUT2D eigenvalue weighted by Crippen LogP contribution is 2.68. The lowest BCUT2D eigenvalue weighted by molar-refractivity contribution is -0.145. The minimum absolute atomic E-state index is 0.0872. The number of hydrogen-bond acceptors (Lipinski definition) is 2. The first kappa shape index (κ1) is 14.2. The summed E-state index contributed by atoms with van der Waals surface area (Å²) >= 11 is 0. The summed E-state index contributed by atoms with van der Waals surface area (Å²) < 4.78 is 4.98. The Hall–Kier alpha value is -0.790. The lowest BCUT2D eigenvalue weighted by atomic mass is 9.41. The molecule has 2 heteroatoms. The van der Waals surface area contributed by atoms with Crippen molar-refractivity contribution in [1.29, 1.82) is 0 Å². The average Bonchev–Trinajstić information content (AvgIpc) is 2.43. The molecule has 20 heavy (non-hydrogen) atoms. The first-order chi connectivity index (χ1) is 9.44. The average molecular weight is 276 g/mol. The highest BCUT2D eigenvalue weighted by atomic mass is 16.5. The summed E-state index contributed by atoms with van der Waals surface area (Å²) in [7, 11) is 1.48. The molecule has 4 rings (SSSR count). The van der Waals surface area contributed by atoms with Crippen LogP contribution in [0, 0.1) is 28.6 Å². The zero-order valence-corrected chi connectivity index (χ0v) is 13.2. The number of ether oxygens (including phenoxy) is 1. The summed E-state index contributed by atoms with van der Waals surface area (Å²) in [6.07, 6.45) is 9.21. The molecule has 4 saturated carbocycles. The molecule has 1 unspecified atom stereocenters. The van der Waals surface area contributed by atoms with E-state index in [1.165, 1.54) is 45.6 Å². The van der Waals surface area contributed by atoms with Crippen LogP contribution in [0.15, 0.2) is 12.2 Å². The van der Waals surface area contributed by atoms with Gasteiger partial charge in [0, 0.05) is 11.0 Å². The topological polar surface area (TPSA) is 26.3 Å². The molecule has 112 valence electrons. The maximum Gasteiger partial charge on any atom is 0.333 e. The number of carbonyl (C=O) groups is 1. The summed E-state index contributed by atoms with van der Waals surface area (Å²) in [6.45, 7) is 8.64. The third-order valence-corrected chi connectivity index (χ3v) is 7.01. The van der Waals surface area contributed by atoms with E-state index in [0.717, 1.165) is 24.2 Å². The monoisotopic (exact) mass is 276 g/mol. The van der Waals surface area contributed by atoms with E-state index >= 15 is 0 Å². The van der Waals surface area contributed by atoms with Crippen molar-refractivity contribution < 1.29 is 9.53 Å². The van der Waals surface area contributed by atoms with Crippen LogP contribution < -0.4 is 0 Å². The predicted molar refractivity (Wildman–Crippen MR) is 80.2 cm³/mol. The van der Waals surface area contributed by atoms with Gasteiger partial charge in [0.25, 0.3) is 0 Å². The molecular formula is C18H28O2. The number of carbonyl (C=O) groups excluding carboxylic acids is 1. The molecule has 0 aromatic heterocycles. The molecule has 4 aliphatic carbocycles. The zero-order valence-electron chi connectivity index (χ0n) is 13.2. The van der Waals surface area contributed by atoms with Gasteiger partial charge in [0.1, 0.15) is 0 Å². The van der Waals surface area contributed by atoms with Gasteiger partial charge in [0.15, 0.2) is 0 Å². The molecular weight excluding hydrogens is 248 g/mol. The molecule has 0 saturated heterocycles. The van der Waals surface area contributed by atoms with Gasteiger partial charge in [-0.2, -0.15) is 0 Å². The zero-order chi connectivity index (χ0) is 14.5.